The first-order valence-electron chi connectivity index (χ1n) is 12.1. The van der Waals surface area contributed by atoms with Gasteiger partial charge in [0.1, 0.15) is 11.4 Å². The smallest absolute Gasteiger partial charge is 0.161 e. The molecule has 0 fully saturated rings. The molecule has 0 saturated heterocycles. The fourth-order valence-electron chi connectivity index (χ4n) is 5.68. The molecule has 35 heavy (non-hydrogen) atoms. The van der Waals surface area contributed by atoms with Crippen LogP contribution in [0.25, 0.3) is 16.5 Å². The summed E-state index contributed by atoms with van der Waals surface area (Å²) in [6.45, 7) is 11.5. The van der Waals surface area contributed by atoms with Gasteiger partial charge in [-0.15, -0.1) is 0 Å². The van der Waals surface area contributed by atoms with Crippen molar-refractivity contribution in [1.82, 2.24) is 4.57 Å². The average Bonchev–Trinajstić information content (AvgIpc) is 3.38. The summed E-state index contributed by atoms with van der Waals surface area (Å²) >= 11 is 0. The molecule has 2 N–H and O–H groups in total. The number of nitrogens with zero attached hydrogens (tertiary/aromatic N) is 1. The Kier molecular flexibility index (Phi) is 5.56. The molecule has 0 saturated carbocycles. The van der Waals surface area contributed by atoms with Gasteiger partial charge in [0, 0.05) is 35.3 Å². The molecule has 1 aliphatic heterocycles. The third kappa shape index (κ3) is 3.57. The van der Waals surface area contributed by atoms with Gasteiger partial charge in [-0.1, -0.05) is 24.3 Å². The van der Waals surface area contributed by atoms with Crippen molar-refractivity contribution in [2.75, 3.05) is 14.2 Å². The van der Waals surface area contributed by atoms with Gasteiger partial charge in [0.15, 0.2) is 11.5 Å². The van der Waals surface area contributed by atoms with Crippen LogP contribution < -0.4 is 19.9 Å². The average molecular weight is 471 g/mol. The van der Waals surface area contributed by atoms with E-state index in [2.05, 4.69) is 75.8 Å². The van der Waals surface area contributed by atoms with Crippen LogP contribution in [0.5, 0.6) is 17.2 Å². The van der Waals surface area contributed by atoms with Crippen LogP contribution in [-0.4, -0.2) is 24.4 Å². The number of ether oxygens (including phenoxy) is 3. The molecular weight excluding hydrogens is 436 g/mol. The molecule has 5 nitrogen and oxygen atoms in total. The summed E-state index contributed by atoms with van der Waals surface area (Å²) in [6, 6.07) is 12.7. The van der Waals surface area contributed by atoms with E-state index < -0.39 is 0 Å². The molecule has 0 aliphatic carbocycles. The summed E-state index contributed by atoms with van der Waals surface area (Å²) in [7, 11) is 3.33. The molecule has 4 aromatic rings. The Morgan fingerprint density at radius 2 is 1.46 bits per heavy atom. The molecular formula is C30H34N2O3. The maximum Gasteiger partial charge on any atom is 0.161 e. The maximum atomic E-state index is 6.65. The minimum absolute atomic E-state index is 0.118. The van der Waals surface area contributed by atoms with E-state index in [1.165, 1.54) is 33.5 Å². The summed E-state index contributed by atoms with van der Waals surface area (Å²) in [5.74, 6) is 2.59. The number of methoxy groups -OCH3 is 2. The molecule has 182 valence electrons. The zero-order chi connectivity index (χ0) is 25.1. The number of rotatable bonds is 5. The normalized spacial score (nSPS) is 16.3. The Labute approximate surface area is 207 Å². The van der Waals surface area contributed by atoms with Gasteiger partial charge in [0.05, 0.1) is 25.8 Å². The fraction of sp³-hybridized carbons (Fsp3) is 0.333. The largest absolute Gasteiger partial charge is 0.493 e. The topological polar surface area (TPSA) is 58.6 Å². The molecule has 0 amide bonds. The lowest BCUT2D eigenvalue weighted by Crippen LogP contribution is -2.31. The zero-order valence-electron chi connectivity index (χ0n) is 21.7. The summed E-state index contributed by atoms with van der Waals surface area (Å²) in [5, 5.41) is 2.20. The van der Waals surface area contributed by atoms with Crippen molar-refractivity contribution >= 4 is 10.8 Å². The van der Waals surface area contributed by atoms with Gasteiger partial charge < -0.3 is 24.5 Å². The summed E-state index contributed by atoms with van der Waals surface area (Å²) in [6.07, 6.45) is 4.34. The van der Waals surface area contributed by atoms with Crippen molar-refractivity contribution in [3.63, 3.8) is 0 Å². The molecule has 0 bridgehead atoms. The molecule has 1 unspecified atom stereocenters. The minimum atomic E-state index is -0.366. The maximum absolute atomic E-state index is 6.65. The van der Waals surface area contributed by atoms with Gasteiger partial charge in [0.25, 0.3) is 0 Å². The molecule has 5 heteroatoms. The summed E-state index contributed by atoms with van der Waals surface area (Å²) in [5.41, 5.74) is 14.0. The highest BCUT2D eigenvalue weighted by Crippen LogP contribution is 2.53. The number of aromatic nitrogens is 1. The highest BCUT2D eigenvalue weighted by atomic mass is 16.5. The number of benzene rings is 3. The predicted octanol–water partition coefficient (Wildman–Crippen LogP) is 6.33. The van der Waals surface area contributed by atoms with Crippen molar-refractivity contribution in [1.29, 1.82) is 0 Å². The third-order valence-corrected chi connectivity index (χ3v) is 7.56. The van der Waals surface area contributed by atoms with E-state index in [-0.39, 0.29) is 11.5 Å². The molecule has 0 radical (unpaired) electrons. The number of hydrogen-bond donors (Lipinski definition) is 1. The Morgan fingerprint density at radius 3 is 1.97 bits per heavy atom. The van der Waals surface area contributed by atoms with E-state index in [1.54, 1.807) is 14.2 Å². The highest BCUT2D eigenvalue weighted by Gasteiger charge is 2.45. The molecule has 1 atom stereocenters. The van der Waals surface area contributed by atoms with Crippen molar-refractivity contribution < 1.29 is 14.2 Å². The lowest BCUT2D eigenvalue weighted by Gasteiger charge is -2.27. The van der Waals surface area contributed by atoms with Crippen LogP contribution in [0.2, 0.25) is 0 Å². The second-order valence-electron chi connectivity index (χ2n) is 10.1. The van der Waals surface area contributed by atoms with Crippen LogP contribution in [0.1, 0.15) is 53.1 Å². The first kappa shape index (κ1) is 23.3. The van der Waals surface area contributed by atoms with Gasteiger partial charge in [0.2, 0.25) is 0 Å². The second-order valence-corrected chi connectivity index (χ2v) is 10.1. The minimum Gasteiger partial charge on any atom is -0.493 e. The first-order chi connectivity index (χ1) is 16.7. The monoisotopic (exact) mass is 470 g/mol. The van der Waals surface area contributed by atoms with E-state index in [1.807, 2.05) is 12.1 Å². The fourth-order valence-corrected chi connectivity index (χ4v) is 5.68. The standard InChI is InChI=1S/C30H34N2O3/c1-17-18(2)29-26(27(30(4,5)35-29)21-10-8-20(14-31)9-11-21)19(3)28(17)32-15-22-12-24(33-6)25(34-7)13-23(22)16-32/h8-13,15-16,27H,14,31H2,1-7H3. The van der Waals surface area contributed by atoms with Crippen molar-refractivity contribution in [3.8, 4) is 22.9 Å². The van der Waals surface area contributed by atoms with E-state index >= 15 is 0 Å². The van der Waals surface area contributed by atoms with Gasteiger partial charge in [-0.3, -0.25) is 0 Å². The summed E-state index contributed by atoms with van der Waals surface area (Å²) < 4.78 is 20.0. The van der Waals surface area contributed by atoms with Crippen LogP contribution in [-0.2, 0) is 6.54 Å². The Hall–Kier alpha value is -3.44. The highest BCUT2D eigenvalue weighted by molar-refractivity contribution is 5.87. The summed E-state index contributed by atoms with van der Waals surface area (Å²) in [4.78, 5) is 0. The Balaban J connectivity index is 1.72. The quantitative estimate of drug-likeness (QED) is 0.370. The van der Waals surface area contributed by atoms with Crippen molar-refractivity contribution in [2.45, 2.75) is 52.7 Å². The number of fused-ring (bicyclic) bond motifs is 2. The van der Waals surface area contributed by atoms with Crippen LogP contribution >= 0.6 is 0 Å². The Bertz CT molecular complexity index is 1390. The third-order valence-electron chi connectivity index (χ3n) is 7.56. The zero-order valence-corrected chi connectivity index (χ0v) is 21.7. The second kappa shape index (κ2) is 8.35. The molecule has 2 heterocycles. The van der Waals surface area contributed by atoms with Gasteiger partial charge in [-0.25, -0.2) is 0 Å². The van der Waals surface area contributed by atoms with E-state index in [0.29, 0.717) is 6.54 Å². The van der Waals surface area contributed by atoms with Crippen molar-refractivity contribution in [2.24, 2.45) is 5.73 Å². The predicted molar refractivity (Wildman–Crippen MR) is 141 cm³/mol. The molecule has 1 aromatic heterocycles. The van der Waals surface area contributed by atoms with Crippen LogP contribution in [0, 0.1) is 20.8 Å². The van der Waals surface area contributed by atoms with E-state index in [9.17, 15) is 0 Å². The lowest BCUT2D eigenvalue weighted by atomic mass is 9.78. The molecule has 0 spiro atoms. The molecule has 5 rings (SSSR count). The van der Waals surface area contributed by atoms with Gasteiger partial charge in [-0.05, 0) is 74.6 Å². The van der Waals surface area contributed by atoms with Gasteiger partial charge in [-0.2, -0.15) is 0 Å². The van der Waals surface area contributed by atoms with Crippen LogP contribution in [0.15, 0.2) is 48.8 Å². The SMILES string of the molecule is COc1cc2cn(-c3c(C)c(C)c4c(c3C)C(c3ccc(CN)cc3)C(C)(C)O4)cc2cc1OC. The van der Waals surface area contributed by atoms with Crippen LogP contribution in [0.3, 0.4) is 0 Å². The van der Waals surface area contributed by atoms with Crippen molar-refractivity contribution in [3.05, 3.63) is 82.2 Å². The lowest BCUT2D eigenvalue weighted by molar-refractivity contribution is 0.121. The first-order valence-corrected chi connectivity index (χ1v) is 12.1. The molecule has 3 aromatic carbocycles. The Morgan fingerprint density at radius 1 is 0.886 bits per heavy atom. The van der Waals surface area contributed by atoms with E-state index in [0.717, 1.165) is 33.6 Å². The van der Waals surface area contributed by atoms with E-state index in [4.69, 9.17) is 19.9 Å². The number of hydrogen-bond acceptors (Lipinski definition) is 4. The van der Waals surface area contributed by atoms with Gasteiger partial charge >= 0.3 is 0 Å². The number of nitrogens with two attached hydrogens (primary N) is 1. The molecule has 1 aliphatic rings. The van der Waals surface area contributed by atoms with Crippen LogP contribution in [0.4, 0.5) is 0 Å².